The zero-order chi connectivity index (χ0) is 17.5. The van der Waals surface area contributed by atoms with Crippen molar-refractivity contribution < 1.29 is 0 Å². The molecule has 1 aromatic heterocycles. The van der Waals surface area contributed by atoms with Gasteiger partial charge in [0.2, 0.25) is 0 Å². The summed E-state index contributed by atoms with van der Waals surface area (Å²) >= 11 is 0. The second-order valence-electron chi connectivity index (χ2n) is 6.77. The molecule has 1 aliphatic rings. The number of pyridine rings is 1. The van der Waals surface area contributed by atoms with Crippen LogP contribution in [0.2, 0.25) is 0 Å². The third kappa shape index (κ3) is 5.43. The summed E-state index contributed by atoms with van der Waals surface area (Å²) in [5.41, 5.74) is 2.58. The lowest BCUT2D eigenvalue weighted by Gasteiger charge is -2.39. The molecule has 140 valence electrons. The van der Waals surface area contributed by atoms with Crippen LogP contribution in [0.5, 0.6) is 0 Å². The molecule has 0 aliphatic carbocycles. The molecule has 1 aliphatic heterocycles. The summed E-state index contributed by atoms with van der Waals surface area (Å²) in [7, 11) is 1.87. The number of piperidine rings is 1. The van der Waals surface area contributed by atoms with Crippen molar-refractivity contribution in [1.29, 1.82) is 0 Å². The molecule has 1 saturated heterocycles. The molecule has 0 amide bonds. The molecule has 1 aromatic carbocycles. The van der Waals surface area contributed by atoms with E-state index in [4.69, 9.17) is 0 Å². The maximum Gasteiger partial charge on any atom is 0.193 e. The fraction of sp³-hybridized carbons (Fsp3) is 0.429. The summed E-state index contributed by atoms with van der Waals surface area (Å²) in [6.07, 6.45) is 3.93. The van der Waals surface area contributed by atoms with Gasteiger partial charge < -0.3 is 10.2 Å². The Bertz CT molecular complexity index is 675. The SMILES string of the molecule is CN=C(NCCc1ccccn1)N1CCC(c2ccccc2)C(C)C1.I. The van der Waals surface area contributed by atoms with Crippen LogP contribution >= 0.6 is 24.0 Å². The van der Waals surface area contributed by atoms with Crippen LogP contribution in [0.1, 0.15) is 30.5 Å². The van der Waals surface area contributed by atoms with E-state index in [-0.39, 0.29) is 24.0 Å². The monoisotopic (exact) mass is 464 g/mol. The van der Waals surface area contributed by atoms with E-state index in [2.05, 4.69) is 63.5 Å². The van der Waals surface area contributed by atoms with Crippen molar-refractivity contribution in [2.24, 2.45) is 10.9 Å². The second kappa shape index (κ2) is 10.5. The Hall–Kier alpha value is -1.63. The van der Waals surface area contributed by atoms with Gasteiger partial charge in [-0.1, -0.05) is 43.3 Å². The van der Waals surface area contributed by atoms with Crippen molar-refractivity contribution in [3.8, 4) is 0 Å². The van der Waals surface area contributed by atoms with Crippen LogP contribution in [0.3, 0.4) is 0 Å². The van der Waals surface area contributed by atoms with Gasteiger partial charge in [-0.15, -0.1) is 24.0 Å². The van der Waals surface area contributed by atoms with E-state index in [0.717, 1.165) is 37.7 Å². The third-order valence-electron chi connectivity index (χ3n) is 5.03. The lowest BCUT2D eigenvalue weighted by molar-refractivity contribution is 0.234. The molecule has 4 nitrogen and oxygen atoms in total. The molecule has 26 heavy (non-hydrogen) atoms. The summed E-state index contributed by atoms with van der Waals surface area (Å²) in [6.45, 7) is 5.30. The Morgan fingerprint density at radius 1 is 1.19 bits per heavy atom. The topological polar surface area (TPSA) is 40.5 Å². The number of aliphatic imine (C=N–C) groups is 1. The molecule has 2 unspecified atom stereocenters. The number of rotatable bonds is 4. The summed E-state index contributed by atoms with van der Waals surface area (Å²) in [5, 5.41) is 3.50. The van der Waals surface area contributed by atoms with Gasteiger partial charge in [-0.2, -0.15) is 0 Å². The van der Waals surface area contributed by atoms with E-state index in [1.165, 1.54) is 12.0 Å². The van der Waals surface area contributed by atoms with Crippen LogP contribution in [0, 0.1) is 5.92 Å². The van der Waals surface area contributed by atoms with Gasteiger partial charge in [-0.3, -0.25) is 9.98 Å². The van der Waals surface area contributed by atoms with E-state index in [9.17, 15) is 0 Å². The van der Waals surface area contributed by atoms with Crippen LogP contribution in [0.15, 0.2) is 59.7 Å². The number of likely N-dealkylation sites (tertiary alicyclic amines) is 1. The summed E-state index contributed by atoms with van der Waals surface area (Å²) in [4.78, 5) is 11.3. The van der Waals surface area contributed by atoms with Crippen molar-refractivity contribution in [3.05, 3.63) is 66.0 Å². The van der Waals surface area contributed by atoms with Crippen molar-refractivity contribution in [2.45, 2.75) is 25.7 Å². The first-order chi connectivity index (χ1) is 12.3. The quantitative estimate of drug-likeness (QED) is 0.424. The molecule has 2 atom stereocenters. The first-order valence-electron chi connectivity index (χ1n) is 9.18. The Morgan fingerprint density at radius 2 is 1.96 bits per heavy atom. The minimum atomic E-state index is 0. The smallest absolute Gasteiger partial charge is 0.193 e. The zero-order valence-corrected chi connectivity index (χ0v) is 18.0. The predicted molar refractivity (Wildman–Crippen MR) is 119 cm³/mol. The molecule has 3 rings (SSSR count). The highest BCUT2D eigenvalue weighted by atomic mass is 127. The number of halogens is 1. The summed E-state index contributed by atoms with van der Waals surface area (Å²) < 4.78 is 0. The fourth-order valence-electron chi connectivity index (χ4n) is 3.71. The molecule has 1 N–H and O–H groups in total. The second-order valence-corrected chi connectivity index (χ2v) is 6.77. The number of aromatic nitrogens is 1. The first-order valence-corrected chi connectivity index (χ1v) is 9.18. The molecule has 0 spiro atoms. The highest BCUT2D eigenvalue weighted by Crippen LogP contribution is 2.32. The van der Waals surface area contributed by atoms with Crippen LogP contribution < -0.4 is 5.32 Å². The standard InChI is InChI=1S/C21H28N4.HI/c1-17-16-25(15-12-20(17)18-8-4-3-5-9-18)21(22-2)24-14-11-19-10-6-7-13-23-19;/h3-10,13,17,20H,11-12,14-16H2,1-2H3,(H,22,24);1H. The van der Waals surface area contributed by atoms with Crippen LogP contribution in [-0.2, 0) is 6.42 Å². The van der Waals surface area contributed by atoms with Crippen LogP contribution in [0.4, 0.5) is 0 Å². The average molecular weight is 464 g/mol. The van der Waals surface area contributed by atoms with Crippen molar-refractivity contribution in [2.75, 3.05) is 26.7 Å². The number of hydrogen-bond acceptors (Lipinski definition) is 2. The van der Waals surface area contributed by atoms with E-state index in [1.54, 1.807) is 0 Å². The van der Waals surface area contributed by atoms with E-state index in [0.29, 0.717) is 11.8 Å². The molecule has 5 heteroatoms. The van der Waals surface area contributed by atoms with E-state index in [1.807, 2.05) is 25.4 Å². The van der Waals surface area contributed by atoms with E-state index < -0.39 is 0 Å². The molecular formula is C21H29IN4. The maximum absolute atomic E-state index is 4.49. The number of benzene rings is 1. The summed E-state index contributed by atoms with van der Waals surface area (Å²) in [5.74, 6) is 2.27. The Morgan fingerprint density at radius 3 is 2.62 bits per heavy atom. The molecule has 0 saturated carbocycles. The van der Waals surface area contributed by atoms with Gasteiger partial charge in [0, 0.05) is 45.0 Å². The van der Waals surface area contributed by atoms with Gasteiger partial charge >= 0.3 is 0 Å². The summed E-state index contributed by atoms with van der Waals surface area (Å²) in [6, 6.07) is 17.0. The van der Waals surface area contributed by atoms with Crippen molar-refractivity contribution >= 4 is 29.9 Å². The van der Waals surface area contributed by atoms with Gasteiger partial charge in [-0.05, 0) is 36.0 Å². The largest absolute Gasteiger partial charge is 0.356 e. The number of hydrogen-bond donors (Lipinski definition) is 1. The lowest BCUT2D eigenvalue weighted by atomic mass is 9.82. The van der Waals surface area contributed by atoms with E-state index >= 15 is 0 Å². The molecular weight excluding hydrogens is 435 g/mol. The number of nitrogens with one attached hydrogen (secondary N) is 1. The molecule has 0 radical (unpaired) electrons. The Kier molecular flexibility index (Phi) is 8.35. The van der Waals surface area contributed by atoms with Gasteiger partial charge in [0.1, 0.15) is 0 Å². The highest BCUT2D eigenvalue weighted by Gasteiger charge is 2.28. The van der Waals surface area contributed by atoms with Crippen LogP contribution in [0.25, 0.3) is 0 Å². The molecule has 2 aromatic rings. The zero-order valence-electron chi connectivity index (χ0n) is 15.6. The van der Waals surface area contributed by atoms with Gasteiger partial charge in [0.05, 0.1) is 0 Å². The molecule has 1 fully saturated rings. The van der Waals surface area contributed by atoms with Crippen LogP contribution in [-0.4, -0.2) is 42.5 Å². The molecule has 0 bridgehead atoms. The predicted octanol–water partition coefficient (Wildman–Crippen LogP) is 3.94. The van der Waals surface area contributed by atoms with Gasteiger partial charge in [-0.25, -0.2) is 0 Å². The maximum atomic E-state index is 4.49. The minimum absolute atomic E-state index is 0. The normalized spacial score (nSPS) is 20.4. The van der Waals surface area contributed by atoms with Crippen molar-refractivity contribution in [1.82, 2.24) is 15.2 Å². The van der Waals surface area contributed by atoms with Crippen molar-refractivity contribution in [3.63, 3.8) is 0 Å². The fourth-order valence-corrected chi connectivity index (χ4v) is 3.71. The third-order valence-corrected chi connectivity index (χ3v) is 5.03. The first kappa shape index (κ1) is 20.7. The number of nitrogens with zero attached hydrogens (tertiary/aromatic N) is 3. The minimum Gasteiger partial charge on any atom is -0.356 e. The average Bonchev–Trinajstić information content (AvgIpc) is 2.67. The Balaban J connectivity index is 0.00000243. The molecule has 2 heterocycles. The van der Waals surface area contributed by atoms with Gasteiger partial charge in [0.25, 0.3) is 0 Å². The Labute approximate surface area is 174 Å². The van der Waals surface area contributed by atoms with Gasteiger partial charge in [0.15, 0.2) is 5.96 Å². The lowest BCUT2D eigenvalue weighted by Crippen LogP contribution is -2.48. The number of guanidine groups is 1. The highest BCUT2D eigenvalue weighted by molar-refractivity contribution is 14.0.